The second-order valence-electron chi connectivity index (χ2n) is 10.2. The number of benzene rings is 3. The lowest BCUT2D eigenvalue weighted by atomic mass is 9.98. The largest absolute Gasteiger partial charge is 0.310 e. The third-order valence-corrected chi connectivity index (χ3v) is 7.28. The van der Waals surface area contributed by atoms with E-state index in [1.165, 1.54) is 11.1 Å². The summed E-state index contributed by atoms with van der Waals surface area (Å²) >= 11 is 0. The minimum atomic E-state index is 0.581. The number of hydrogen-bond acceptors (Lipinski definition) is 6. The smallest absolute Gasteiger partial charge is 0.205 e. The van der Waals surface area contributed by atoms with Crippen molar-refractivity contribution in [2.24, 2.45) is 4.99 Å². The highest BCUT2D eigenvalue weighted by atomic mass is 15.5. The van der Waals surface area contributed by atoms with Crippen LogP contribution in [-0.2, 0) is 19.5 Å². The summed E-state index contributed by atoms with van der Waals surface area (Å²) in [6.07, 6.45) is 6.79. The van der Waals surface area contributed by atoms with Crippen LogP contribution in [-0.4, -0.2) is 35.2 Å². The zero-order valence-corrected chi connectivity index (χ0v) is 23.3. The number of unbranched alkanes of at least 4 members (excludes halogenated alkanes) is 1. The molecule has 0 saturated heterocycles. The van der Waals surface area contributed by atoms with E-state index in [-0.39, 0.29) is 0 Å². The molecule has 0 unspecified atom stereocenters. The summed E-state index contributed by atoms with van der Waals surface area (Å²) in [5.41, 5.74) is 8.38. The highest BCUT2D eigenvalue weighted by molar-refractivity contribution is 5.81. The molecule has 0 atom stereocenters. The molecule has 0 aliphatic carbocycles. The molecule has 0 bridgehead atoms. The predicted molar refractivity (Wildman–Crippen MR) is 161 cm³/mol. The number of nitrogens with zero attached hydrogens (tertiary/aromatic N) is 7. The maximum absolute atomic E-state index is 5.21. The third kappa shape index (κ3) is 5.68. The van der Waals surface area contributed by atoms with Crippen molar-refractivity contribution in [3.63, 3.8) is 0 Å². The Morgan fingerprint density at radius 1 is 0.854 bits per heavy atom. The number of aromatic nitrogens is 7. The minimum Gasteiger partial charge on any atom is -0.310 e. The summed E-state index contributed by atoms with van der Waals surface area (Å²) in [5, 5.41) is 15.7. The van der Waals surface area contributed by atoms with Gasteiger partial charge in [0.15, 0.2) is 0 Å². The van der Waals surface area contributed by atoms with Gasteiger partial charge in [0.25, 0.3) is 0 Å². The molecular weight excluding hydrogens is 508 g/mol. The van der Waals surface area contributed by atoms with Crippen LogP contribution < -0.4 is 5.49 Å². The predicted octanol–water partition coefficient (Wildman–Crippen LogP) is 6.08. The molecule has 204 valence electrons. The van der Waals surface area contributed by atoms with E-state index in [0.717, 1.165) is 63.7 Å². The van der Waals surface area contributed by atoms with Gasteiger partial charge in [-0.2, -0.15) is 5.21 Å². The van der Waals surface area contributed by atoms with E-state index < -0.39 is 0 Å². The molecule has 0 amide bonds. The molecule has 3 aromatic carbocycles. The van der Waals surface area contributed by atoms with Gasteiger partial charge in [-0.15, -0.1) is 10.2 Å². The number of rotatable bonds is 9. The third-order valence-electron chi connectivity index (χ3n) is 7.28. The van der Waals surface area contributed by atoms with Gasteiger partial charge in [-0.05, 0) is 46.4 Å². The van der Waals surface area contributed by atoms with Gasteiger partial charge >= 0.3 is 0 Å². The highest BCUT2D eigenvalue weighted by Gasteiger charge is 2.14. The summed E-state index contributed by atoms with van der Waals surface area (Å²) in [6, 6.07) is 27.2. The first-order valence-corrected chi connectivity index (χ1v) is 14.0. The summed E-state index contributed by atoms with van der Waals surface area (Å²) in [7, 11) is 0. The van der Waals surface area contributed by atoms with Crippen LogP contribution in [0.2, 0.25) is 0 Å². The van der Waals surface area contributed by atoms with Gasteiger partial charge in [-0.3, -0.25) is 9.98 Å². The molecule has 1 N–H and O–H groups in total. The summed E-state index contributed by atoms with van der Waals surface area (Å²) < 4.78 is 2.30. The van der Waals surface area contributed by atoms with E-state index in [2.05, 4.69) is 98.6 Å². The molecule has 6 aromatic rings. The number of fused-ring (bicyclic) bond motifs is 1. The lowest BCUT2D eigenvalue weighted by Gasteiger charge is -2.17. The molecule has 6 rings (SSSR count). The molecule has 8 heteroatoms. The zero-order chi connectivity index (χ0) is 28.0. The van der Waals surface area contributed by atoms with Crippen LogP contribution in [0.1, 0.15) is 42.3 Å². The Kier molecular flexibility index (Phi) is 7.71. The average Bonchev–Trinajstić information content (AvgIpc) is 3.56. The van der Waals surface area contributed by atoms with Crippen molar-refractivity contribution in [1.82, 2.24) is 35.2 Å². The van der Waals surface area contributed by atoms with Gasteiger partial charge < -0.3 is 4.57 Å². The van der Waals surface area contributed by atoms with Gasteiger partial charge in [0.05, 0.1) is 24.8 Å². The minimum absolute atomic E-state index is 0.581. The highest BCUT2D eigenvalue weighted by Crippen LogP contribution is 2.30. The first-order valence-electron chi connectivity index (χ1n) is 14.0. The zero-order valence-electron chi connectivity index (χ0n) is 23.3. The van der Waals surface area contributed by atoms with Crippen LogP contribution in [0, 0.1) is 6.92 Å². The molecule has 0 fully saturated rings. The van der Waals surface area contributed by atoms with Crippen molar-refractivity contribution in [3.8, 4) is 22.5 Å². The second kappa shape index (κ2) is 12.0. The standard InChI is InChI=1S/C33H32N8/c1-3-4-14-30-36-29-21-34-19-23(2)31(29)33(35-20-24-10-6-5-7-11-24)41(30)22-25-15-17-26(18-16-25)27-12-8-9-13-28(27)32-37-39-40-38-32/h5-13,15-19,21H,3-4,14,20,22H2,1-2H3,(H,37,38,39,40). The number of nitrogens with one attached hydrogen (secondary N) is 1. The van der Waals surface area contributed by atoms with Crippen LogP contribution in [0.15, 0.2) is 96.2 Å². The number of H-pyrrole nitrogens is 1. The van der Waals surface area contributed by atoms with E-state index in [1.54, 1.807) is 0 Å². The van der Waals surface area contributed by atoms with E-state index >= 15 is 0 Å². The van der Waals surface area contributed by atoms with Crippen molar-refractivity contribution < 1.29 is 0 Å². The normalized spacial score (nSPS) is 11.8. The average molecular weight is 541 g/mol. The SMILES string of the molecule is CCCCc1nc2cncc(C)c2c(=NCc2ccccc2)n1Cc1ccc(-c2ccccc2-c2nn[nH]n2)cc1. The van der Waals surface area contributed by atoms with Gasteiger partial charge in [-0.1, -0.05) is 92.2 Å². The Morgan fingerprint density at radius 3 is 2.39 bits per heavy atom. The maximum atomic E-state index is 5.21. The Morgan fingerprint density at radius 2 is 1.63 bits per heavy atom. The molecule has 0 aliphatic rings. The lowest BCUT2D eigenvalue weighted by molar-refractivity contribution is 0.632. The number of hydrogen-bond donors (Lipinski definition) is 1. The topological polar surface area (TPSA) is 97.5 Å². The molecule has 41 heavy (non-hydrogen) atoms. The number of tetrazole rings is 1. The van der Waals surface area contributed by atoms with Crippen molar-refractivity contribution in [1.29, 1.82) is 0 Å². The van der Waals surface area contributed by atoms with E-state index in [4.69, 9.17) is 9.98 Å². The fraction of sp³-hybridized carbons (Fsp3) is 0.212. The fourth-order valence-corrected chi connectivity index (χ4v) is 5.17. The Balaban J connectivity index is 1.43. The van der Waals surface area contributed by atoms with Crippen LogP contribution in [0.5, 0.6) is 0 Å². The van der Waals surface area contributed by atoms with Gasteiger partial charge in [-0.25, -0.2) is 4.98 Å². The van der Waals surface area contributed by atoms with E-state index in [1.807, 2.05) is 36.7 Å². The monoisotopic (exact) mass is 540 g/mol. The summed E-state index contributed by atoms with van der Waals surface area (Å²) in [5.74, 6) is 1.61. The Labute approximate surface area is 238 Å². The van der Waals surface area contributed by atoms with Crippen molar-refractivity contribution >= 4 is 10.9 Å². The number of pyridine rings is 1. The Bertz CT molecular complexity index is 1820. The van der Waals surface area contributed by atoms with Crippen molar-refractivity contribution in [2.75, 3.05) is 0 Å². The van der Waals surface area contributed by atoms with Crippen LogP contribution >= 0.6 is 0 Å². The summed E-state index contributed by atoms with van der Waals surface area (Å²) in [6.45, 7) is 5.57. The molecule has 3 heterocycles. The van der Waals surface area contributed by atoms with Crippen molar-refractivity contribution in [3.05, 3.63) is 119 Å². The van der Waals surface area contributed by atoms with Crippen LogP contribution in [0.4, 0.5) is 0 Å². The maximum Gasteiger partial charge on any atom is 0.205 e. The molecule has 8 nitrogen and oxygen atoms in total. The Hall–Kier alpha value is -4.98. The van der Waals surface area contributed by atoms with Crippen LogP contribution in [0.3, 0.4) is 0 Å². The van der Waals surface area contributed by atoms with Gasteiger partial charge in [0.1, 0.15) is 11.3 Å². The number of aryl methyl sites for hydroxylation is 2. The number of aromatic amines is 1. The molecule has 3 aromatic heterocycles. The lowest BCUT2D eigenvalue weighted by Crippen LogP contribution is -2.28. The van der Waals surface area contributed by atoms with Crippen LogP contribution in [0.25, 0.3) is 33.4 Å². The first-order chi connectivity index (χ1) is 20.2. The van der Waals surface area contributed by atoms with E-state index in [0.29, 0.717) is 18.9 Å². The van der Waals surface area contributed by atoms with Crippen molar-refractivity contribution in [2.45, 2.75) is 46.2 Å². The second-order valence-corrected chi connectivity index (χ2v) is 10.2. The first kappa shape index (κ1) is 26.3. The molecule has 0 radical (unpaired) electrons. The van der Waals surface area contributed by atoms with Gasteiger partial charge in [0.2, 0.25) is 5.82 Å². The molecular formula is C33H32N8. The quantitative estimate of drug-likeness (QED) is 0.240. The van der Waals surface area contributed by atoms with Gasteiger partial charge in [0, 0.05) is 23.6 Å². The molecule has 0 spiro atoms. The summed E-state index contributed by atoms with van der Waals surface area (Å²) in [4.78, 5) is 14.8. The van der Waals surface area contributed by atoms with E-state index in [9.17, 15) is 0 Å². The fourth-order valence-electron chi connectivity index (χ4n) is 5.17. The molecule has 0 aliphatic heterocycles. The molecule has 0 saturated carbocycles.